The Morgan fingerprint density at radius 2 is 2.06 bits per heavy atom. The van der Waals surface area contributed by atoms with Crippen molar-refractivity contribution >= 4 is 11.3 Å². The lowest BCUT2D eigenvalue weighted by atomic mass is 10.1. The Morgan fingerprint density at radius 1 is 1.24 bits per heavy atom. The van der Waals surface area contributed by atoms with Crippen molar-refractivity contribution in [3.8, 4) is 11.5 Å². The van der Waals surface area contributed by atoms with Crippen LogP contribution in [0.4, 0.5) is 0 Å². The lowest BCUT2D eigenvalue weighted by molar-refractivity contribution is 0.396. The molecule has 0 aliphatic rings. The van der Waals surface area contributed by atoms with E-state index >= 15 is 0 Å². The van der Waals surface area contributed by atoms with Crippen molar-refractivity contribution < 1.29 is 10.2 Å². The zero-order valence-electron chi connectivity index (χ0n) is 9.55. The normalized spacial score (nSPS) is 12.5. The molecule has 1 aromatic carbocycles. The fourth-order valence-electron chi connectivity index (χ4n) is 1.62. The molecule has 4 heteroatoms. The first kappa shape index (κ1) is 12.0. The summed E-state index contributed by atoms with van der Waals surface area (Å²) in [7, 11) is 0. The summed E-state index contributed by atoms with van der Waals surface area (Å²) >= 11 is 1.70. The van der Waals surface area contributed by atoms with Crippen LogP contribution in [-0.4, -0.2) is 10.2 Å². The maximum Gasteiger partial charge on any atom is 0.161 e. The highest BCUT2D eigenvalue weighted by Gasteiger charge is 2.09. The van der Waals surface area contributed by atoms with Gasteiger partial charge in [0.25, 0.3) is 0 Å². The van der Waals surface area contributed by atoms with E-state index in [2.05, 4.69) is 18.3 Å². The Labute approximate surface area is 104 Å². The molecule has 1 atom stereocenters. The summed E-state index contributed by atoms with van der Waals surface area (Å²) in [6, 6.07) is 9.32. The Bertz CT molecular complexity index is 482. The maximum atomic E-state index is 9.65. The molecule has 1 heterocycles. The van der Waals surface area contributed by atoms with Gasteiger partial charge in [-0.2, -0.15) is 0 Å². The second-order valence-electron chi connectivity index (χ2n) is 3.90. The molecule has 0 amide bonds. The minimum absolute atomic E-state index is 0.0432. The predicted molar refractivity (Wildman–Crippen MR) is 69.3 cm³/mol. The predicted octanol–water partition coefficient (Wildman–Crippen LogP) is 3.01. The molecule has 3 N–H and O–H groups in total. The van der Waals surface area contributed by atoms with Gasteiger partial charge < -0.3 is 15.5 Å². The van der Waals surface area contributed by atoms with Crippen LogP contribution < -0.4 is 5.32 Å². The number of nitrogens with one attached hydrogen (secondary N) is 1. The second kappa shape index (κ2) is 5.21. The molecule has 1 aromatic heterocycles. The number of aromatic hydroxyl groups is 2. The SMILES string of the molecule is C[C@@H](NCc1cccc(O)c1O)c1cccs1. The van der Waals surface area contributed by atoms with Gasteiger partial charge in [-0.3, -0.25) is 0 Å². The second-order valence-corrected chi connectivity index (χ2v) is 4.88. The smallest absolute Gasteiger partial charge is 0.161 e. The van der Waals surface area contributed by atoms with Gasteiger partial charge in [-0.25, -0.2) is 0 Å². The molecule has 0 fully saturated rings. The Balaban J connectivity index is 2.00. The van der Waals surface area contributed by atoms with Gasteiger partial charge in [-0.15, -0.1) is 11.3 Å². The third-order valence-corrected chi connectivity index (χ3v) is 3.72. The van der Waals surface area contributed by atoms with Crippen molar-refractivity contribution in [2.75, 3.05) is 0 Å². The van der Waals surface area contributed by atoms with Crippen LogP contribution in [-0.2, 0) is 6.54 Å². The number of hydrogen-bond acceptors (Lipinski definition) is 4. The maximum absolute atomic E-state index is 9.65. The first-order valence-electron chi connectivity index (χ1n) is 5.45. The van der Waals surface area contributed by atoms with E-state index in [0.29, 0.717) is 12.1 Å². The minimum atomic E-state index is -0.0759. The summed E-state index contributed by atoms with van der Waals surface area (Å²) in [6.45, 7) is 2.60. The van der Waals surface area contributed by atoms with Gasteiger partial charge in [0.1, 0.15) is 0 Å². The summed E-state index contributed by atoms with van der Waals surface area (Å²) in [5.41, 5.74) is 0.702. The molecule has 0 aliphatic carbocycles. The largest absolute Gasteiger partial charge is 0.504 e. The standard InChI is InChI=1S/C13H15NO2S/c1-9(12-6-3-7-17-12)14-8-10-4-2-5-11(15)13(10)16/h2-7,9,14-16H,8H2,1H3/t9-/m1/s1. The van der Waals surface area contributed by atoms with E-state index in [0.717, 1.165) is 0 Å². The van der Waals surface area contributed by atoms with Crippen molar-refractivity contribution in [3.63, 3.8) is 0 Å². The molecular formula is C13H15NO2S. The van der Waals surface area contributed by atoms with Crippen LogP contribution in [0.1, 0.15) is 23.4 Å². The number of benzene rings is 1. The Hall–Kier alpha value is -1.52. The fourth-order valence-corrected chi connectivity index (χ4v) is 2.38. The van der Waals surface area contributed by atoms with Crippen LogP contribution in [0.3, 0.4) is 0 Å². The molecule has 0 saturated carbocycles. The molecule has 3 nitrogen and oxygen atoms in total. The van der Waals surface area contributed by atoms with Crippen molar-refractivity contribution in [3.05, 3.63) is 46.2 Å². The summed E-state index contributed by atoms with van der Waals surface area (Å²) in [5.74, 6) is -0.119. The zero-order chi connectivity index (χ0) is 12.3. The topological polar surface area (TPSA) is 52.5 Å². The van der Waals surface area contributed by atoms with Crippen LogP contribution >= 0.6 is 11.3 Å². The van der Waals surface area contributed by atoms with E-state index < -0.39 is 0 Å². The number of phenols is 2. The lowest BCUT2D eigenvalue weighted by Crippen LogP contribution is -2.17. The summed E-state index contributed by atoms with van der Waals surface area (Å²) in [6.07, 6.45) is 0. The molecular weight excluding hydrogens is 234 g/mol. The van der Waals surface area contributed by atoms with Gasteiger partial charge in [-0.1, -0.05) is 18.2 Å². The van der Waals surface area contributed by atoms with Crippen molar-refractivity contribution in [2.24, 2.45) is 0 Å². The Kier molecular flexibility index (Phi) is 3.66. The number of phenolic OH excluding ortho intramolecular Hbond substituents is 2. The van der Waals surface area contributed by atoms with Crippen molar-refractivity contribution in [1.82, 2.24) is 5.32 Å². The van der Waals surface area contributed by atoms with E-state index in [4.69, 9.17) is 0 Å². The highest BCUT2D eigenvalue weighted by atomic mass is 32.1. The van der Waals surface area contributed by atoms with Gasteiger partial charge in [0.05, 0.1) is 0 Å². The van der Waals surface area contributed by atoms with Gasteiger partial charge in [0, 0.05) is 23.0 Å². The number of para-hydroxylation sites is 1. The molecule has 90 valence electrons. The van der Waals surface area contributed by atoms with E-state index in [9.17, 15) is 10.2 Å². The summed E-state index contributed by atoms with van der Waals surface area (Å²) < 4.78 is 0. The van der Waals surface area contributed by atoms with E-state index in [-0.39, 0.29) is 17.5 Å². The zero-order valence-corrected chi connectivity index (χ0v) is 10.4. The van der Waals surface area contributed by atoms with Crippen LogP contribution in [0, 0.1) is 0 Å². The quantitative estimate of drug-likeness (QED) is 0.730. The molecule has 0 saturated heterocycles. The van der Waals surface area contributed by atoms with Crippen LogP contribution in [0.5, 0.6) is 11.5 Å². The van der Waals surface area contributed by atoms with Gasteiger partial charge >= 0.3 is 0 Å². The Morgan fingerprint density at radius 3 is 2.76 bits per heavy atom. The van der Waals surface area contributed by atoms with Crippen molar-refractivity contribution in [2.45, 2.75) is 19.5 Å². The average Bonchev–Trinajstić information content (AvgIpc) is 2.84. The van der Waals surface area contributed by atoms with Gasteiger partial charge in [0.15, 0.2) is 11.5 Å². The molecule has 0 spiro atoms. The average molecular weight is 249 g/mol. The van der Waals surface area contributed by atoms with Crippen LogP contribution in [0.15, 0.2) is 35.7 Å². The third kappa shape index (κ3) is 2.78. The lowest BCUT2D eigenvalue weighted by Gasteiger charge is -2.13. The minimum Gasteiger partial charge on any atom is -0.504 e. The first-order valence-corrected chi connectivity index (χ1v) is 6.33. The third-order valence-electron chi connectivity index (χ3n) is 2.67. The monoisotopic (exact) mass is 249 g/mol. The van der Waals surface area contributed by atoms with E-state index in [1.165, 1.54) is 10.9 Å². The molecule has 0 radical (unpaired) electrons. The molecule has 2 aromatic rings. The molecule has 0 bridgehead atoms. The molecule has 0 unspecified atom stereocenters. The highest BCUT2D eigenvalue weighted by molar-refractivity contribution is 7.10. The molecule has 17 heavy (non-hydrogen) atoms. The number of thiophene rings is 1. The number of rotatable bonds is 4. The summed E-state index contributed by atoms with van der Waals surface area (Å²) in [4.78, 5) is 1.25. The van der Waals surface area contributed by atoms with Gasteiger partial charge in [0.2, 0.25) is 0 Å². The number of hydrogen-bond donors (Lipinski definition) is 3. The highest BCUT2D eigenvalue weighted by Crippen LogP contribution is 2.28. The van der Waals surface area contributed by atoms with E-state index in [1.807, 2.05) is 11.4 Å². The van der Waals surface area contributed by atoms with Crippen LogP contribution in [0.25, 0.3) is 0 Å². The van der Waals surface area contributed by atoms with Crippen LogP contribution in [0.2, 0.25) is 0 Å². The molecule has 2 rings (SSSR count). The first-order chi connectivity index (χ1) is 8.18. The van der Waals surface area contributed by atoms with Gasteiger partial charge in [-0.05, 0) is 24.4 Å². The van der Waals surface area contributed by atoms with E-state index in [1.54, 1.807) is 23.5 Å². The molecule has 0 aliphatic heterocycles. The fraction of sp³-hybridized carbons (Fsp3) is 0.231. The summed E-state index contributed by atoms with van der Waals surface area (Å²) in [5, 5.41) is 24.4. The van der Waals surface area contributed by atoms with Crippen molar-refractivity contribution in [1.29, 1.82) is 0 Å².